The van der Waals surface area contributed by atoms with Crippen LogP contribution in [0.1, 0.15) is 18.4 Å². The summed E-state index contributed by atoms with van der Waals surface area (Å²) in [5.74, 6) is -0.262. The molecule has 7 nitrogen and oxygen atoms in total. The molecule has 1 atom stereocenters. The number of hydrogen-bond donors (Lipinski definition) is 0. The summed E-state index contributed by atoms with van der Waals surface area (Å²) in [6.45, 7) is 1.28. The molecule has 1 aromatic heterocycles. The maximum absolute atomic E-state index is 12.5. The molecule has 0 aliphatic carbocycles. The second kappa shape index (κ2) is 6.15. The van der Waals surface area contributed by atoms with Gasteiger partial charge in [0.05, 0.1) is 18.4 Å². The first-order valence-corrected chi connectivity index (χ1v) is 8.80. The van der Waals surface area contributed by atoms with Crippen LogP contribution in [-0.2, 0) is 28.4 Å². The maximum atomic E-state index is 12.5. The second-order valence-corrected chi connectivity index (χ2v) is 7.66. The number of piperidine rings is 1. The van der Waals surface area contributed by atoms with Gasteiger partial charge < -0.3 is 4.90 Å². The van der Waals surface area contributed by atoms with Gasteiger partial charge >= 0.3 is 0 Å². The van der Waals surface area contributed by atoms with Crippen LogP contribution in [0.25, 0.3) is 0 Å². The van der Waals surface area contributed by atoms with Crippen molar-refractivity contribution in [2.24, 2.45) is 13.0 Å². The molecule has 0 radical (unpaired) electrons. The van der Waals surface area contributed by atoms with E-state index in [-0.39, 0.29) is 18.4 Å². The first kappa shape index (κ1) is 16.0. The Morgan fingerprint density at radius 1 is 1.52 bits per heavy atom. The van der Waals surface area contributed by atoms with E-state index in [1.165, 1.54) is 10.6 Å². The molecule has 21 heavy (non-hydrogen) atoms. The lowest BCUT2D eigenvalue weighted by Gasteiger charge is -2.32. The Bertz CT molecular complexity index is 611. The van der Waals surface area contributed by atoms with Gasteiger partial charge in [-0.3, -0.25) is 9.48 Å². The fraction of sp³-hybridized carbons (Fsp3) is 0.692. The van der Waals surface area contributed by atoms with Crippen LogP contribution in [0.15, 0.2) is 12.4 Å². The molecule has 1 aliphatic rings. The Hall–Kier alpha value is -1.41. The molecule has 0 N–H and O–H groups in total. The minimum atomic E-state index is -3.22. The van der Waals surface area contributed by atoms with Gasteiger partial charge in [0.15, 0.2) is 0 Å². The van der Waals surface area contributed by atoms with Crippen LogP contribution in [0.3, 0.4) is 0 Å². The highest BCUT2D eigenvalue weighted by molar-refractivity contribution is 7.88. The number of aromatic nitrogens is 2. The highest BCUT2D eigenvalue weighted by atomic mass is 32.2. The molecule has 2 rings (SSSR count). The van der Waals surface area contributed by atoms with Crippen LogP contribution in [-0.4, -0.2) is 59.7 Å². The van der Waals surface area contributed by atoms with Gasteiger partial charge in [0.2, 0.25) is 15.9 Å². The highest BCUT2D eigenvalue weighted by Crippen LogP contribution is 2.21. The second-order valence-electron chi connectivity index (χ2n) is 5.68. The number of sulfonamides is 1. The van der Waals surface area contributed by atoms with E-state index >= 15 is 0 Å². The number of aryl methyl sites for hydroxylation is 1. The third-order valence-electron chi connectivity index (χ3n) is 3.76. The molecule has 1 fully saturated rings. The van der Waals surface area contributed by atoms with E-state index in [0.29, 0.717) is 13.1 Å². The predicted molar refractivity (Wildman–Crippen MR) is 78.8 cm³/mol. The number of rotatable bonds is 4. The molecule has 8 heteroatoms. The van der Waals surface area contributed by atoms with Crippen molar-refractivity contribution in [3.8, 4) is 0 Å². The van der Waals surface area contributed by atoms with E-state index in [4.69, 9.17) is 0 Å². The number of carbonyl (C=O) groups is 1. The maximum Gasteiger partial charge on any atom is 0.227 e. The Morgan fingerprint density at radius 3 is 2.81 bits per heavy atom. The zero-order valence-electron chi connectivity index (χ0n) is 12.7. The Balaban J connectivity index is 1.98. The lowest BCUT2D eigenvalue weighted by molar-refractivity contribution is -0.135. The smallest absolute Gasteiger partial charge is 0.227 e. The van der Waals surface area contributed by atoms with E-state index in [2.05, 4.69) is 5.10 Å². The van der Waals surface area contributed by atoms with Crippen LogP contribution >= 0.6 is 0 Å². The third kappa shape index (κ3) is 4.04. The molecule has 0 bridgehead atoms. The molecule has 2 heterocycles. The summed E-state index contributed by atoms with van der Waals surface area (Å²) in [7, 11) is 0.350. The van der Waals surface area contributed by atoms with Gasteiger partial charge in [-0.15, -0.1) is 0 Å². The molecule has 0 aromatic carbocycles. The van der Waals surface area contributed by atoms with E-state index in [9.17, 15) is 13.2 Å². The fourth-order valence-electron chi connectivity index (χ4n) is 2.66. The highest BCUT2D eigenvalue weighted by Gasteiger charge is 2.31. The van der Waals surface area contributed by atoms with Crippen molar-refractivity contribution >= 4 is 15.9 Å². The summed E-state index contributed by atoms with van der Waals surface area (Å²) >= 11 is 0. The average Bonchev–Trinajstić information content (AvgIpc) is 2.82. The van der Waals surface area contributed by atoms with Gasteiger partial charge in [0.25, 0.3) is 0 Å². The molecule has 1 saturated heterocycles. The normalized spacial score (nSPS) is 20.4. The first-order valence-electron chi connectivity index (χ1n) is 6.95. The lowest BCUT2D eigenvalue weighted by Crippen LogP contribution is -2.45. The van der Waals surface area contributed by atoms with Crippen molar-refractivity contribution in [1.82, 2.24) is 19.0 Å². The lowest BCUT2D eigenvalue weighted by atomic mass is 9.98. The zero-order chi connectivity index (χ0) is 15.6. The summed E-state index contributed by atoms with van der Waals surface area (Å²) in [5.41, 5.74) is 0.962. The molecule has 0 unspecified atom stereocenters. The summed E-state index contributed by atoms with van der Waals surface area (Å²) in [6.07, 6.45) is 6.26. The van der Waals surface area contributed by atoms with Crippen LogP contribution in [0.5, 0.6) is 0 Å². The topological polar surface area (TPSA) is 75.5 Å². The van der Waals surface area contributed by atoms with Crippen molar-refractivity contribution < 1.29 is 13.2 Å². The van der Waals surface area contributed by atoms with Gasteiger partial charge in [0, 0.05) is 45.5 Å². The fourth-order valence-corrected chi connectivity index (χ4v) is 3.57. The van der Waals surface area contributed by atoms with E-state index < -0.39 is 10.0 Å². The zero-order valence-corrected chi connectivity index (χ0v) is 13.5. The van der Waals surface area contributed by atoms with E-state index in [1.54, 1.807) is 22.8 Å². The largest absolute Gasteiger partial charge is 0.341 e. The van der Waals surface area contributed by atoms with Gasteiger partial charge in [0.1, 0.15) is 0 Å². The molecule has 1 aliphatic heterocycles. The molecule has 1 amide bonds. The number of hydrogen-bond acceptors (Lipinski definition) is 4. The molecule has 1 aromatic rings. The average molecular weight is 314 g/mol. The third-order valence-corrected chi connectivity index (χ3v) is 5.03. The summed E-state index contributed by atoms with van der Waals surface area (Å²) in [4.78, 5) is 14.1. The monoisotopic (exact) mass is 314 g/mol. The van der Waals surface area contributed by atoms with Crippen LogP contribution in [0.2, 0.25) is 0 Å². The number of amides is 1. The van der Waals surface area contributed by atoms with Crippen LogP contribution in [0.4, 0.5) is 0 Å². The molecular weight excluding hydrogens is 292 g/mol. The van der Waals surface area contributed by atoms with Gasteiger partial charge in [-0.2, -0.15) is 5.10 Å². The van der Waals surface area contributed by atoms with Gasteiger partial charge in [-0.25, -0.2) is 12.7 Å². The van der Waals surface area contributed by atoms with Crippen LogP contribution in [0, 0.1) is 5.92 Å². The van der Waals surface area contributed by atoms with Gasteiger partial charge in [-0.1, -0.05) is 0 Å². The first-order chi connectivity index (χ1) is 9.77. The Labute approximate surface area is 125 Å². The predicted octanol–water partition coefficient (Wildman–Crippen LogP) is 0.0501. The molecule has 118 valence electrons. The Kier molecular flexibility index (Phi) is 4.67. The Morgan fingerprint density at radius 2 is 2.24 bits per heavy atom. The minimum Gasteiger partial charge on any atom is -0.341 e. The summed E-state index contributed by atoms with van der Waals surface area (Å²) in [5, 5.41) is 4.08. The number of nitrogens with zero attached hydrogens (tertiary/aromatic N) is 4. The number of carbonyl (C=O) groups excluding carboxylic acids is 1. The SMILES string of the molecule is CN(Cc1cnn(C)c1)C(=O)[C@H]1CCCN(S(C)(=O)=O)C1. The van der Waals surface area contributed by atoms with Crippen molar-refractivity contribution in [2.75, 3.05) is 26.4 Å². The standard InChI is InChI=1S/C13H22N4O3S/c1-15(8-11-7-14-16(2)9-11)13(18)12-5-4-6-17(10-12)21(3,19)20/h7,9,12H,4-6,8,10H2,1-3H3/t12-/m0/s1. The molecule has 0 saturated carbocycles. The van der Waals surface area contributed by atoms with Crippen molar-refractivity contribution in [1.29, 1.82) is 0 Å². The van der Waals surface area contributed by atoms with Crippen molar-refractivity contribution in [2.45, 2.75) is 19.4 Å². The molecule has 0 spiro atoms. The van der Waals surface area contributed by atoms with E-state index in [0.717, 1.165) is 18.4 Å². The van der Waals surface area contributed by atoms with Crippen molar-refractivity contribution in [3.63, 3.8) is 0 Å². The van der Waals surface area contributed by atoms with Crippen molar-refractivity contribution in [3.05, 3.63) is 18.0 Å². The molecular formula is C13H22N4O3S. The summed E-state index contributed by atoms with van der Waals surface area (Å²) in [6, 6.07) is 0. The summed E-state index contributed by atoms with van der Waals surface area (Å²) < 4.78 is 26.3. The minimum absolute atomic E-state index is 0.00722. The van der Waals surface area contributed by atoms with Gasteiger partial charge in [-0.05, 0) is 12.8 Å². The quantitative estimate of drug-likeness (QED) is 0.787. The van der Waals surface area contributed by atoms with Crippen LogP contribution < -0.4 is 0 Å². The van der Waals surface area contributed by atoms with E-state index in [1.807, 2.05) is 13.2 Å².